The first kappa shape index (κ1) is 18.3. The van der Waals surface area contributed by atoms with Crippen molar-refractivity contribution in [2.45, 2.75) is 84.5 Å². The molecule has 0 rings (SSSR count). The van der Waals surface area contributed by atoms with Gasteiger partial charge in [-0.15, -0.1) is 0 Å². The SMILES string of the molecule is CC(C)CCCCCCCCCCCCNCS. The second-order valence-electron chi connectivity index (χ2n) is 5.88. The van der Waals surface area contributed by atoms with E-state index in [0.29, 0.717) is 0 Å². The summed E-state index contributed by atoms with van der Waals surface area (Å²) in [6.07, 6.45) is 15.7. The number of nitrogens with one attached hydrogen (secondary N) is 1. The van der Waals surface area contributed by atoms with E-state index in [4.69, 9.17) is 0 Å². The van der Waals surface area contributed by atoms with Crippen molar-refractivity contribution in [2.24, 2.45) is 5.92 Å². The van der Waals surface area contributed by atoms with E-state index in [1.807, 2.05) is 0 Å². The summed E-state index contributed by atoms with van der Waals surface area (Å²) in [7, 11) is 0. The lowest BCUT2D eigenvalue weighted by atomic mass is 10.0. The normalized spacial score (nSPS) is 11.3. The van der Waals surface area contributed by atoms with Crippen molar-refractivity contribution in [3.05, 3.63) is 0 Å². The molecular formula is C16H35NS. The molecule has 110 valence electrons. The maximum Gasteiger partial charge on any atom is 0.0387 e. The van der Waals surface area contributed by atoms with E-state index in [0.717, 1.165) is 18.3 Å². The lowest BCUT2D eigenvalue weighted by Crippen LogP contribution is -2.12. The third kappa shape index (κ3) is 16.3. The van der Waals surface area contributed by atoms with Crippen LogP contribution in [0.2, 0.25) is 0 Å². The molecule has 0 aliphatic heterocycles. The van der Waals surface area contributed by atoms with Crippen LogP contribution in [0.3, 0.4) is 0 Å². The smallest absolute Gasteiger partial charge is 0.0387 e. The lowest BCUT2D eigenvalue weighted by molar-refractivity contribution is 0.504. The molecule has 0 aromatic rings. The van der Waals surface area contributed by atoms with Crippen molar-refractivity contribution in [3.63, 3.8) is 0 Å². The van der Waals surface area contributed by atoms with Crippen LogP contribution >= 0.6 is 12.6 Å². The molecule has 0 atom stereocenters. The topological polar surface area (TPSA) is 12.0 Å². The van der Waals surface area contributed by atoms with E-state index in [2.05, 4.69) is 31.8 Å². The summed E-state index contributed by atoms with van der Waals surface area (Å²) >= 11 is 4.13. The molecule has 0 saturated heterocycles. The van der Waals surface area contributed by atoms with Crippen molar-refractivity contribution < 1.29 is 0 Å². The van der Waals surface area contributed by atoms with Gasteiger partial charge in [-0.1, -0.05) is 78.1 Å². The Kier molecular flexibility index (Phi) is 15.6. The van der Waals surface area contributed by atoms with E-state index in [-0.39, 0.29) is 0 Å². The fourth-order valence-corrected chi connectivity index (χ4v) is 2.45. The second-order valence-corrected chi connectivity index (χ2v) is 6.19. The highest BCUT2D eigenvalue weighted by Crippen LogP contribution is 2.13. The van der Waals surface area contributed by atoms with Gasteiger partial charge in [-0.2, -0.15) is 12.6 Å². The first-order valence-electron chi connectivity index (χ1n) is 8.09. The van der Waals surface area contributed by atoms with E-state index >= 15 is 0 Å². The van der Waals surface area contributed by atoms with Crippen LogP contribution in [-0.4, -0.2) is 12.4 Å². The molecule has 0 fully saturated rings. The molecule has 0 saturated carbocycles. The van der Waals surface area contributed by atoms with Gasteiger partial charge >= 0.3 is 0 Å². The predicted molar refractivity (Wildman–Crippen MR) is 87.5 cm³/mol. The summed E-state index contributed by atoms with van der Waals surface area (Å²) in [5, 5.41) is 3.25. The molecule has 18 heavy (non-hydrogen) atoms. The Hall–Kier alpha value is 0.310. The molecule has 1 nitrogen and oxygen atoms in total. The van der Waals surface area contributed by atoms with Gasteiger partial charge in [0.15, 0.2) is 0 Å². The van der Waals surface area contributed by atoms with Crippen LogP contribution in [0.25, 0.3) is 0 Å². The van der Waals surface area contributed by atoms with E-state index in [1.165, 1.54) is 70.6 Å². The number of unbranched alkanes of at least 4 members (excludes halogenated alkanes) is 9. The molecule has 0 spiro atoms. The molecule has 0 bridgehead atoms. The highest BCUT2D eigenvalue weighted by atomic mass is 32.1. The Morgan fingerprint density at radius 3 is 1.61 bits per heavy atom. The average Bonchev–Trinajstić information content (AvgIpc) is 2.34. The molecule has 0 heterocycles. The maximum atomic E-state index is 4.13. The zero-order valence-electron chi connectivity index (χ0n) is 12.7. The van der Waals surface area contributed by atoms with Crippen molar-refractivity contribution in [2.75, 3.05) is 12.4 Å². The van der Waals surface area contributed by atoms with Crippen molar-refractivity contribution in [3.8, 4) is 0 Å². The van der Waals surface area contributed by atoms with Crippen LogP contribution in [0.5, 0.6) is 0 Å². The third-order valence-corrected chi connectivity index (χ3v) is 3.72. The largest absolute Gasteiger partial charge is 0.308 e. The summed E-state index contributed by atoms with van der Waals surface area (Å²) in [4.78, 5) is 0. The number of hydrogen-bond acceptors (Lipinski definition) is 2. The molecule has 0 aromatic carbocycles. The summed E-state index contributed by atoms with van der Waals surface area (Å²) in [6.45, 7) is 5.79. The van der Waals surface area contributed by atoms with Crippen molar-refractivity contribution in [1.82, 2.24) is 5.32 Å². The minimum absolute atomic E-state index is 0.816. The Labute approximate surface area is 121 Å². The molecule has 1 N–H and O–H groups in total. The van der Waals surface area contributed by atoms with Gasteiger partial charge in [0.25, 0.3) is 0 Å². The van der Waals surface area contributed by atoms with E-state index < -0.39 is 0 Å². The average molecular weight is 274 g/mol. The van der Waals surface area contributed by atoms with Gasteiger partial charge in [-0.05, 0) is 18.9 Å². The molecule has 0 amide bonds. The first-order chi connectivity index (χ1) is 8.77. The molecule has 0 radical (unpaired) electrons. The summed E-state index contributed by atoms with van der Waals surface area (Å²) < 4.78 is 0. The van der Waals surface area contributed by atoms with Crippen LogP contribution in [0.1, 0.15) is 84.5 Å². The van der Waals surface area contributed by atoms with Gasteiger partial charge in [0, 0.05) is 5.88 Å². The Bertz CT molecular complexity index is 148. The van der Waals surface area contributed by atoms with Crippen LogP contribution < -0.4 is 5.32 Å². The molecule has 0 aliphatic rings. The fraction of sp³-hybridized carbons (Fsp3) is 1.00. The Balaban J connectivity index is 2.90. The summed E-state index contributed by atoms with van der Waals surface area (Å²) in [6, 6.07) is 0. The quantitative estimate of drug-likeness (QED) is 0.245. The van der Waals surface area contributed by atoms with Crippen LogP contribution in [0, 0.1) is 5.92 Å². The standard InChI is InChI=1S/C16H35NS/c1-16(2)13-11-9-7-5-3-4-6-8-10-12-14-17-15-18/h16-18H,3-15H2,1-2H3. The van der Waals surface area contributed by atoms with Crippen LogP contribution in [0.15, 0.2) is 0 Å². The van der Waals surface area contributed by atoms with Gasteiger partial charge in [0.2, 0.25) is 0 Å². The number of rotatable bonds is 14. The molecule has 2 heteroatoms. The zero-order chi connectivity index (χ0) is 13.5. The highest BCUT2D eigenvalue weighted by molar-refractivity contribution is 7.80. The Morgan fingerprint density at radius 1 is 0.722 bits per heavy atom. The summed E-state index contributed by atoms with van der Waals surface area (Å²) in [5.74, 6) is 1.71. The Morgan fingerprint density at radius 2 is 1.17 bits per heavy atom. The maximum absolute atomic E-state index is 4.13. The second kappa shape index (κ2) is 15.4. The van der Waals surface area contributed by atoms with E-state index in [9.17, 15) is 0 Å². The number of hydrogen-bond donors (Lipinski definition) is 2. The summed E-state index contributed by atoms with van der Waals surface area (Å²) in [5.41, 5.74) is 0. The molecule has 0 aromatic heterocycles. The monoisotopic (exact) mass is 273 g/mol. The van der Waals surface area contributed by atoms with Crippen LogP contribution in [0.4, 0.5) is 0 Å². The zero-order valence-corrected chi connectivity index (χ0v) is 13.6. The lowest BCUT2D eigenvalue weighted by Gasteiger charge is -2.05. The van der Waals surface area contributed by atoms with Gasteiger partial charge < -0.3 is 5.32 Å². The predicted octanol–water partition coefficient (Wildman–Crippen LogP) is 5.41. The highest BCUT2D eigenvalue weighted by Gasteiger charge is 1.95. The van der Waals surface area contributed by atoms with Crippen molar-refractivity contribution >= 4 is 12.6 Å². The van der Waals surface area contributed by atoms with Crippen molar-refractivity contribution in [1.29, 1.82) is 0 Å². The molecule has 0 unspecified atom stereocenters. The van der Waals surface area contributed by atoms with E-state index in [1.54, 1.807) is 0 Å². The fourth-order valence-electron chi connectivity index (χ4n) is 2.30. The molecule has 0 aliphatic carbocycles. The van der Waals surface area contributed by atoms with Crippen LogP contribution in [-0.2, 0) is 0 Å². The third-order valence-electron chi connectivity index (χ3n) is 3.50. The minimum Gasteiger partial charge on any atom is -0.308 e. The van der Waals surface area contributed by atoms with Gasteiger partial charge in [0.05, 0.1) is 0 Å². The first-order valence-corrected chi connectivity index (χ1v) is 8.72. The molecular weight excluding hydrogens is 238 g/mol. The van der Waals surface area contributed by atoms with Gasteiger partial charge in [-0.25, -0.2) is 0 Å². The minimum atomic E-state index is 0.816. The van der Waals surface area contributed by atoms with Gasteiger partial charge in [-0.3, -0.25) is 0 Å². The van der Waals surface area contributed by atoms with Gasteiger partial charge in [0.1, 0.15) is 0 Å². The number of thiol groups is 1.